The van der Waals surface area contributed by atoms with Gasteiger partial charge in [-0.3, -0.25) is 4.79 Å². The van der Waals surface area contributed by atoms with Crippen molar-refractivity contribution in [3.8, 4) is 0 Å². The van der Waals surface area contributed by atoms with Crippen molar-refractivity contribution in [3.05, 3.63) is 22.7 Å². The van der Waals surface area contributed by atoms with Gasteiger partial charge in [0.15, 0.2) is 5.82 Å². The lowest BCUT2D eigenvalue weighted by Gasteiger charge is -2.25. The Kier molecular flexibility index (Phi) is 3.78. The predicted molar refractivity (Wildman–Crippen MR) is 77.1 cm³/mol. The van der Waals surface area contributed by atoms with E-state index in [4.69, 9.17) is 11.6 Å². The van der Waals surface area contributed by atoms with Gasteiger partial charge in [-0.05, 0) is 38.5 Å². The first kappa shape index (κ1) is 13.0. The molecule has 0 spiro atoms. The molecule has 1 aromatic rings. The van der Waals surface area contributed by atoms with Crippen LogP contribution in [0.5, 0.6) is 0 Å². The molecule has 0 amide bonds. The average molecular weight is 282 g/mol. The van der Waals surface area contributed by atoms with Gasteiger partial charge in [-0.2, -0.15) is 0 Å². The van der Waals surface area contributed by atoms with Crippen LogP contribution >= 0.6 is 11.6 Å². The average Bonchev–Trinajstić information content (AvgIpc) is 3.16. The smallest absolute Gasteiger partial charge is 0.293 e. The van der Waals surface area contributed by atoms with Gasteiger partial charge in [-0.1, -0.05) is 0 Å². The molecule has 2 heterocycles. The summed E-state index contributed by atoms with van der Waals surface area (Å²) in [5, 5.41) is 0. The molecule has 1 aliphatic carbocycles. The van der Waals surface area contributed by atoms with Crippen LogP contribution in [0, 0.1) is 0 Å². The number of hydrogen-bond donors (Lipinski definition) is 0. The monoisotopic (exact) mass is 281 g/mol. The third-order valence-corrected chi connectivity index (χ3v) is 4.38. The largest absolute Gasteiger partial charge is 0.349 e. The molecule has 19 heavy (non-hydrogen) atoms. The summed E-state index contributed by atoms with van der Waals surface area (Å²) in [4.78, 5) is 19.0. The van der Waals surface area contributed by atoms with Crippen LogP contribution < -0.4 is 10.5 Å². The third-order valence-electron chi connectivity index (χ3n) is 4.11. The van der Waals surface area contributed by atoms with Crippen molar-refractivity contribution >= 4 is 17.4 Å². The van der Waals surface area contributed by atoms with Gasteiger partial charge < -0.3 is 9.47 Å². The van der Waals surface area contributed by atoms with E-state index in [1.165, 1.54) is 0 Å². The van der Waals surface area contributed by atoms with Gasteiger partial charge in [0, 0.05) is 36.9 Å². The number of rotatable bonds is 5. The molecule has 0 radical (unpaired) electrons. The first-order valence-electron chi connectivity index (χ1n) is 7.21. The van der Waals surface area contributed by atoms with Crippen LogP contribution in [-0.4, -0.2) is 28.0 Å². The maximum atomic E-state index is 12.5. The Morgan fingerprint density at radius 3 is 2.95 bits per heavy atom. The maximum Gasteiger partial charge on any atom is 0.293 e. The molecule has 3 rings (SSSR count). The standard InChI is InChI=1S/C14H20ClN3O/c15-7-1-3-11-4-2-9-17(11)13-14(19)18(10-8-16-13)12-5-6-12/h8,10-12H,1-7,9H2. The molecule has 0 aromatic carbocycles. The first-order valence-corrected chi connectivity index (χ1v) is 7.74. The number of nitrogens with zero attached hydrogens (tertiary/aromatic N) is 3. The molecular formula is C14H20ClN3O. The van der Waals surface area contributed by atoms with E-state index in [0.717, 1.165) is 45.1 Å². The zero-order valence-corrected chi connectivity index (χ0v) is 11.9. The number of aromatic nitrogens is 2. The number of anilines is 1. The lowest BCUT2D eigenvalue weighted by Crippen LogP contribution is -2.36. The molecule has 2 aliphatic rings. The summed E-state index contributed by atoms with van der Waals surface area (Å²) in [5.41, 5.74) is 0.0859. The van der Waals surface area contributed by atoms with Gasteiger partial charge >= 0.3 is 0 Å². The zero-order valence-electron chi connectivity index (χ0n) is 11.1. The Hall–Kier alpha value is -1.03. The predicted octanol–water partition coefficient (Wildman–Crippen LogP) is 2.57. The molecule has 0 bridgehead atoms. The number of alkyl halides is 1. The van der Waals surface area contributed by atoms with E-state index in [-0.39, 0.29) is 5.56 Å². The fourth-order valence-electron chi connectivity index (χ4n) is 2.98. The molecule has 4 nitrogen and oxygen atoms in total. The molecule has 1 saturated carbocycles. The summed E-state index contributed by atoms with van der Waals surface area (Å²) in [6, 6.07) is 0.854. The van der Waals surface area contributed by atoms with Crippen molar-refractivity contribution in [1.29, 1.82) is 0 Å². The molecular weight excluding hydrogens is 262 g/mol. The van der Waals surface area contributed by atoms with Crippen molar-refractivity contribution < 1.29 is 0 Å². The molecule has 104 valence electrons. The molecule has 1 atom stereocenters. The van der Waals surface area contributed by atoms with Crippen LogP contribution in [-0.2, 0) is 0 Å². The normalized spacial score (nSPS) is 23.0. The van der Waals surface area contributed by atoms with Gasteiger partial charge in [-0.15, -0.1) is 11.6 Å². The summed E-state index contributed by atoms with van der Waals surface area (Å²) >= 11 is 5.78. The summed E-state index contributed by atoms with van der Waals surface area (Å²) < 4.78 is 1.86. The van der Waals surface area contributed by atoms with Crippen LogP contribution in [0.2, 0.25) is 0 Å². The van der Waals surface area contributed by atoms with Crippen molar-refractivity contribution in [3.63, 3.8) is 0 Å². The molecule has 1 aromatic heterocycles. The second kappa shape index (κ2) is 5.53. The van der Waals surface area contributed by atoms with E-state index in [2.05, 4.69) is 9.88 Å². The second-order valence-corrected chi connectivity index (χ2v) is 5.89. The van der Waals surface area contributed by atoms with Crippen molar-refractivity contribution in [2.24, 2.45) is 0 Å². The van der Waals surface area contributed by atoms with E-state index < -0.39 is 0 Å². The molecule has 1 saturated heterocycles. The zero-order chi connectivity index (χ0) is 13.2. The molecule has 0 N–H and O–H groups in total. The molecule has 2 fully saturated rings. The van der Waals surface area contributed by atoms with E-state index >= 15 is 0 Å². The topological polar surface area (TPSA) is 38.1 Å². The van der Waals surface area contributed by atoms with E-state index in [1.54, 1.807) is 6.20 Å². The lowest BCUT2D eigenvalue weighted by atomic mass is 10.1. The van der Waals surface area contributed by atoms with E-state index in [9.17, 15) is 4.79 Å². The maximum absolute atomic E-state index is 12.5. The molecule has 1 aliphatic heterocycles. The van der Waals surface area contributed by atoms with Crippen LogP contribution in [0.4, 0.5) is 5.82 Å². The highest BCUT2D eigenvalue weighted by Crippen LogP contribution is 2.34. The Morgan fingerprint density at radius 2 is 2.21 bits per heavy atom. The Bertz CT molecular complexity index is 498. The Balaban J connectivity index is 1.84. The fraction of sp³-hybridized carbons (Fsp3) is 0.714. The van der Waals surface area contributed by atoms with Gasteiger partial charge in [0.2, 0.25) is 0 Å². The SMILES string of the molecule is O=c1c(N2CCCC2CCCCl)nccn1C1CC1. The summed E-state index contributed by atoms with van der Waals surface area (Å²) in [5.74, 6) is 1.34. The Morgan fingerprint density at radius 1 is 1.37 bits per heavy atom. The van der Waals surface area contributed by atoms with Crippen LogP contribution in [0.3, 0.4) is 0 Å². The highest BCUT2D eigenvalue weighted by molar-refractivity contribution is 6.17. The van der Waals surface area contributed by atoms with Crippen molar-refractivity contribution in [1.82, 2.24) is 9.55 Å². The van der Waals surface area contributed by atoms with Gasteiger partial charge in [-0.25, -0.2) is 4.98 Å². The highest BCUT2D eigenvalue weighted by atomic mass is 35.5. The fourth-order valence-corrected chi connectivity index (χ4v) is 3.13. The second-order valence-electron chi connectivity index (χ2n) is 5.52. The minimum absolute atomic E-state index is 0.0859. The number of hydrogen-bond acceptors (Lipinski definition) is 3. The van der Waals surface area contributed by atoms with Crippen LogP contribution in [0.15, 0.2) is 17.2 Å². The van der Waals surface area contributed by atoms with E-state index in [1.807, 2.05) is 10.8 Å². The lowest BCUT2D eigenvalue weighted by molar-refractivity contribution is 0.590. The Labute approximate surface area is 118 Å². The van der Waals surface area contributed by atoms with Crippen molar-refractivity contribution in [2.45, 2.75) is 50.6 Å². The number of halogens is 1. The minimum atomic E-state index is 0.0859. The minimum Gasteiger partial charge on any atom is -0.349 e. The summed E-state index contributed by atoms with van der Waals surface area (Å²) in [6.07, 6.45) is 10.2. The quantitative estimate of drug-likeness (QED) is 0.779. The highest BCUT2D eigenvalue weighted by Gasteiger charge is 2.30. The van der Waals surface area contributed by atoms with Crippen molar-refractivity contribution in [2.75, 3.05) is 17.3 Å². The van der Waals surface area contributed by atoms with Crippen LogP contribution in [0.25, 0.3) is 0 Å². The third kappa shape index (κ3) is 2.64. The summed E-state index contributed by atoms with van der Waals surface area (Å²) in [6.45, 7) is 0.948. The van der Waals surface area contributed by atoms with Gasteiger partial charge in [0.1, 0.15) is 0 Å². The van der Waals surface area contributed by atoms with Gasteiger partial charge in [0.25, 0.3) is 5.56 Å². The van der Waals surface area contributed by atoms with Crippen LogP contribution in [0.1, 0.15) is 44.6 Å². The van der Waals surface area contributed by atoms with Gasteiger partial charge in [0.05, 0.1) is 0 Å². The van der Waals surface area contributed by atoms with E-state index in [0.29, 0.717) is 23.8 Å². The first-order chi connectivity index (χ1) is 9.31. The molecule has 5 heteroatoms. The molecule has 1 unspecified atom stereocenters. The summed E-state index contributed by atoms with van der Waals surface area (Å²) in [7, 11) is 0.